The van der Waals surface area contributed by atoms with Gasteiger partial charge in [0.15, 0.2) is 11.5 Å². The highest BCUT2D eigenvalue weighted by molar-refractivity contribution is 6.31. The van der Waals surface area contributed by atoms with E-state index in [2.05, 4.69) is 10.3 Å². The molecule has 0 atom stereocenters. The van der Waals surface area contributed by atoms with Crippen LogP contribution in [0.3, 0.4) is 0 Å². The Balaban J connectivity index is 1.64. The largest absolute Gasteiger partial charge is 0.441 e. The van der Waals surface area contributed by atoms with Crippen molar-refractivity contribution in [2.24, 2.45) is 0 Å². The number of rotatable bonds is 4. The Kier molecular flexibility index (Phi) is 4.11. The summed E-state index contributed by atoms with van der Waals surface area (Å²) in [5.74, 6) is 0.552. The number of anilines is 1. The van der Waals surface area contributed by atoms with E-state index >= 15 is 0 Å². The van der Waals surface area contributed by atoms with Gasteiger partial charge in [-0.2, -0.15) is 0 Å². The molecule has 1 amide bonds. The summed E-state index contributed by atoms with van der Waals surface area (Å²) in [5, 5.41) is 3.56. The van der Waals surface area contributed by atoms with Crippen LogP contribution in [-0.4, -0.2) is 10.9 Å². The second-order valence-corrected chi connectivity index (χ2v) is 5.46. The molecule has 0 saturated heterocycles. The smallest absolute Gasteiger partial charge is 0.224 e. The Morgan fingerprint density at radius 3 is 2.91 bits per heavy atom. The van der Waals surface area contributed by atoms with Gasteiger partial charge in [0.1, 0.15) is 5.52 Å². The summed E-state index contributed by atoms with van der Waals surface area (Å²) in [6.07, 6.45) is 0.983. The van der Waals surface area contributed by atoms with Crippen molar-refractivity contribution >= 4 is 34.3 Å². The van der Waals surface area contributed by atoms with Gasteiger partial charge in [-0.25, -0.2) is 4.98 Å². The fraction of sp³-hybridized carbons (Fsp3) is 0.176. The molecule has 0 spiro atoms. The molecule has 1 aromatic heterocycles. The summed E-state index contributed by atoms with van der Waals surface area (Å²) in [7, 11) is 0. The van der Waals surface area contributed by atoms with Gasteiger partial charge in [0.2, 0.25) is 5.91 Å². The maximum absolute atomic E-state index is 12.0. The second-order valence-electron chi connectivity index (χ2n) is 5.05. The van der Waals surface area contributed by atoms with Crippen LogP contribution in [0.1, 0.15) is 17.9 Å². The summed E-state index contributed by atoms with van der Waals surface area (Å²) in [4.78, 5) is 16.3. The SMILES string of the molecule is Cc1nc2cc(NC(=O)CCc3ccccc3Cl)ccc2o1. The van der Waals surface area contributed by atoms with Crippen LogP contribution in [0.25, 0.3) is 11.1 Å². The minimum Gasteiger partial charge on any atom is -0.441 e. The third-order valence-corrected chi connectivity index (χ3v) is 3.73. The van der Waals surface area contributed by atoms with E-state index in [1.165, 1.54) is 0 Å². The van der Waals surface area contributed by atoms with Crippen LogP contribution in [0.5, 0.6) is 0 Å². The van der Waals surface area contributed by atoms with E-state index in [0.29, 0.717) is 35.0 Å². The Hall–Kier alpha value is -2.33. The zero-order chi connectivity index (χ0) is 15.5. The first-order chi connectivity index (χ1) is 10.6. The number of amides is 1. The minimum atomic E-state index is -0.0560. The molecule has 5 heteroatoms. The Labute approximate surface area is 133 Å². The number of nitrogens with one attached hydrogen (secondary N) is 1. The molecule has 1 N–H and O–H groups in total. The molecule has 0 saturated carbocycles. The van der Waals surface area contributed by atoms with Crippen LogP contribution >= 0.6 is 11.6 Å². The van der Waals surface area contributed by atoms with Crippen molar-refractivity contribution in [1.82, 2.24) is 4.98 Å². The van der Waals surface area contributed by atoms with Gasteiger partial charge in [0, 0.05) is 24.1 Å². The summed E-state index contributed by atoms with van der Waals surface area (Å²) >= 11 is 6.09. The maximum Gasteiger partial charge on any atom is 0.224 e. The number of carbonyl (C=O) groups is 1. The van der Waals surface area contributed by atoms with Gasteiger partial charge >= 0.3 is 0 Å². The lowest BCUT2D eigenvalue weighted by molar-refractivity contribution is -0.116. The molecule has 112 valence electrons. The predicted molar refractivity (Wildman–Crippen MR) is 87.1 cm³/mol. The molecule has 3 rings (SSSR count). The fourth-order valence-electron chi connectivity index (χ4n) is 2.29. The lowest BCUT2D eigenvalue weighted by Gasteiger charge is -2.06. The van der Waals surface area contributed by atoms with E-state index in [9.17, 15) is 4.79 Å². The Morgan fingerprint density at radius 2 is 2.09 bits per heavy atom. The van der Waals surface area contributed by atoms with Crippen molar-refractivity contribution in [2.45, 2.75) is 19.8 Å². The molecule has 2 aromatic carbocycles. The van der Waals surface area contributed by atoms with Gasteiger partial charge in [-0.15, -0.1) is 0 Å². The average molecular weight is 315 g/mol. The highest BCUT2D eigenvalue weighted by Gasteiger charge is 2.07. The van der Waals surface area contributed by atoms with Crippen LogP contribution < -0.4 is 5.32 Å². The van der Waals surface area contributed by atoms with E-state index in [-0.39, 0.29) is 5.91 Å². The fourth-order valence-corrected chi connectivity index (χ4v) is 2.52. The molecule has 0 aliphatic carbocycles. The number of aromatic nitrogens is 1. The monoisotopic (exact) mass is 314 g/mol. The summed E-state index contributed by atoms with van der Waals surface area (Å²) in [5.41, 5.74) is 3.14. The molecule has 22 heavy (non-hydrogen) atoms. The van der Waals surface area contributed by atoms with Crippen molar-refractivity contribution in [3.8, 4) is 0 Å². The number of fused-ring (bicyclic) bond motifs is 1. The number of oxazole rings is 1. The zero-order valence-corrected chi connectivity index (χ0v) is 12.9. The van der Waals surface area contributed by atoms with Gasteiger partial charge in [-0.05, 0) is 36.2 Å². The number of hydrogen-bond acceptors (Lipinski definition) is 3. The van der Waals surface area contributed by atoms with Gasteiger partial charge < -0.3 is 9.73 Å². The highest BCUT2D eigenvalue weighted by atomic mass is 35.5. The molecule has 0 radical (unpaired) electrons. The number of benzene rings is 2. The lowest BCUT2D eigenvalue weighted by atomic mass is 10.1. The molecule has 0 aliphatic heterocycles. The second kappa shape index (κ2) is 6.20. The molecule has 3 aromatic rings. The van der Waals surface area contributed by atoms with Crippen LogP contribution in [0.15, 0.2) is 46.9 Å². The van der Waals surface area contributed by atoms with E-state index in [1.807, 2.05) is 24.3 Å². The van der Waals surface area contributed by atoms with Crippen LogP contribution in [-0.2, 0) is 11.2 Å². The molecule has 0 fully saturated rings. The number of carbonyl (C=O) groups excluding carboxylic acids is 1. The third-order valence-electron chi connectivity index (χ3n) is 3.36. The Bertz CT molecular complexity index is 826. The van der Waals surface area contributed by atoms with Crippen LogP contribution in [0, 0.1) is 6.92 Å². The van der Waals surface area contributed by atoms with Crippen molar-refractivity contribution in [3.63, 3.8) is 0 Å². The Morgan fingerprint density at radius 1 is 1.27 bits per heavy atom. The van der Waals surface area contributed by atoms with Crippen molar-refractivity contribution in [2.75, 3.05) is 5.32 Å². The number of nitrogens with zero attached hydrogens (tertiary/aromatic N) is 1. The normalized spacial score (nSPS) is 10.8. The van der Waals surface area contributed by atoms with Crippen LogP contribution in [0.4, 0.5) is 5.69 Å². The first-order valence-electron chi connectivity index (χ1n) is 7.02. The molecular weight excluding hydrogens is 300 g/mol. The van der Waals surface area contributed by atoms with Gasteiger partial charge in [-0.1, -0.05) is 29.8 Å². The molecular formula is C17H15ClN2O2. The first kappa shape index (κ1) is 14.6. The van der Waals surface area contributed by atoms with Gasteiger partial charge in [0.25, 0.3) is 0 Å². The molecule has 0 bridgehead atoms. The summed E-state index contributed by atoms with van der Waals surface area (Å²) in [6.45, 7) is 1.79. The molecule has 4 nitrogen and oxygen atoms in total. The standard InChI is InChI=1S/C17H15ClN2O2/c1-11-19-15-10-13(7-8-16(15)22-11)20-17(21)9-6-12-4-2-3-5-14(12)18/h2-5,7-8,10H,6,9H2,1H3,(H,20,21). The van der Waals surface area contributed by atoms with E-state index in [0.717, 1.165) is 11.1 Å². The molecule has 0 unspecified atom stereocenters. The van der Waals surface area contributed by atoms with Gasteiger partial charge in [0.05, 0.1) is 0 Å². The zero-order valence-electron chi connectivity index (χ0n) is 12.1. The lowest BCUT2D eigenvalue weighted by Crippen LogP contribution is -2.12. The average Bonchev–Trinajstić information content (AvgIpc) is 2.86. The van der Waals surface area contributed by atoms with Gasteiger partial charge in [-0.3, -0.25) is 4.79 Å². The van der Waals surface area contributed by atoms with Crippen molar-refractivity contribution in [1.29, 1.82) is 0 Å². The number of hydrogen-bond donors (Lipinski definition) is 1. The quantitative estimate of drug-likeness (QED) is 0.778. The number of aryl methyl sites for hydroxylation is 2. The van der Waals surface area contributed by atoms with E-state index < -0.39 is 0 Å². The van der Waals surface area contributed by atoms with Crippen LogP contribution in [0.2, 0.25) is 5.02 Å². The topological polar surface area (TPSA) is 55.1 Å². The summed E-state index contributed by atoms with van der Waals surface area (Å²) < 4.78 is 5.41. The minimum absolute atomic E-state index is 0.0560. The number of halogens is 1. The summed E-state index contributed by atoms with van der Waals surface area (Å²) in [6, 6.07) is 13.0. The first-order valence-corrected chi connectivity index (χ1v) is 7.40. The van der Waals surface area contributed by atoms with E-state index in [1.54, 1.807) is 25.1 Å². The molecule has 1 heterocycles. The molecule has 0 aliphatic rings. The third kappa shape index (κ3) is 3.28. The predicted octanol–water partition coefficient (Wildman–Crippen LogP) is 4.36. The maximum atomic E-state index is 12.0. The van der Waals surface area contributed by atoms with Crippen molar-refractivity contribution < 1.29 is 9.21 Å². The highest BCUT2D eigenvalue weighted by Crippen LogP contribution is 2.20. The van der Waals surface area contributed by atoms with Crippen molar-refractivity contribution in [3.05, 3.63) is 58.9 Å². The van der Waals surface area contributed by atoms with E-state index in [4.69, 9.17) is 16.0 Å².